The fourth-order valence-corrected chi connectivity index (χ4v) is 2.95. The molecule has 1 aromatic heterocycles. The van der Waals surface area contributed by atoms with E-state index in [9.17, 15) is 4.79 Å². The summed E-state index contributed by atoms with van der Waals surface area (Å²) < 4.78 is 1.44. The van der Waals surface area contributed by atoms with Crippen LogP contribution in [0.15, 0.2) is 33.5 Å². The molecule has 3 rings (SSSR count). The van der Waals surface area contributed by atoms with Gasteiger partial charge in [0.15, 0.2) is 4.77 Å². The van der Waals surface area contributed by atoms with Crippen LogP contribution in [0, 0.1) is 4.77 Å². The number of anilines is 1. The zero-order chi connectivity index (χ0) is 13.4. The van der Waals surface area contributed by atoms with Crippen molar-refractivity contribution in [2.24, 2.45) is 0 Å². The first-order valence-electron chi connectivity index (χ1n) is 5.98. The van der Waals surface area contributed by atoms with E-state index in [1.807, 2.05) is 12.1 Å². The zero-order valence-corrected chi connectivity index (χ0v) is 12.5. The molecule has 0 aliphatic carbocycles. The summed E-state index contributed by atoms with van der Waals surface area (Å²) in [5.74, 6) is 0. The Morgan fingerprint density at radius 2 is 2.16 bits per heavy atom. The predicted octanol–water partition coefficient (Wildman–Crippen LogP) is 2.76. The number of H-pyrrole nitrogens is 2. The molecule has 0 unspecified atom stereocenters. The van der Waals surface area contributed by atoms with Gasteiger partial charge in [-0.2, -0.15) is 0 Å². The molecule has 1 aromatic carbocycles. The molecule has 98 valence electrons. The third kappa shape index (κ3) is 2.50. The van der Waals surface area contributed by atoms with E-state index >= 15 is 0 Å². The lowest BCUT2D eigenvalue weighted by Crippen LogP contribution is -2.35. The molecule has 1 aliphatic rings. The van der Waals surface area contributed by atoms with Crippen LogP contribution in [0.4, 0.5) is 5.69 Å². The fraction of sp³-hybridized carbons (Fsp3) is 0.231. The van der Waals surface area contributed by atoms with Crippen molar-refractivity contribution in [3.63, 3.8) is 0 Å². The summed E-state index contributed by atoms with van der Waals surface area (Å²) in [6, 6.07) is 8.10. The van der Waals surface area contributed by atoms with Gasteiger partial charge in [0, 0.05) is 28.8 Å². The van der Waals surface area contributed by atoms with E-state index in [4.69, 9.17) is 12.2 Å². The van der Waals surface area contributed by atoms with E-state index in [0.717, 1.165) is 34.4 Å². The highest BCUT2D eigenvalue weighted by atomic mass is 79.9. The lowest BCUT2D eigenvalue weighted by Gasteiger charge is -2.29. The van der Waals surface area contributed by atoms with Crippen molar-refractivity contribution >= 4 is 33.8 Å². The first-order chi connectivity index (χ1) is 9.13. The van der Waals surface area contributed by atoms with Crippen LogP contribution < -0.4 is 10.5 Å². The second-order valence-electron chi connectivity index (χ2n) is 4.52. The number of hydrogen-bond acceptors (Lipinski definition) is 3. The molecular weight excluding hydrogens is 326 g/mol. The number of fused-ring (bicyclic) bond motifs is 1. The van der Waals surface area contributed by atoms with Crippen molar-refractivity contribution in [2.75, 3.05) is 11.4 Å². The quantitative estimate of drug-likeness (QED) is 0.786. The minimum Gasteiger partial charge on any atom is -0.367 e. The number of rotatable bonds is 1. The van der Waals surface area contributed by atoms with Crippen LogP contribution in [0.1, 0.15) is 11.3 Å². The number of aromatic nitrogens is 2. The summed E-state index contributed by atoms with van der Waals surface area (Å²) in [5.41, 5.74) is 2.76. The minimum atomic E-state index is -0.0848. The molecule has 0 amide bonds. The molecule has 1 aliphatic heterocycles. The van der Waals surface area contributed by atoms with Crippen molar-refractivity contribution in [3.05, 3.63) is 55.1 Å². The smallest absolute Gasteiger partial charge is 0.256 e. The van der Waals surface area contributed by atoms with E-state index < -0.39 is 0 Å². The Morgan fingerprint density at radius 3 is 2.95 bits per heavy atom. The van der Waals surface area contributed by atoms with Crippen LogP contribution in [0.3, 0.4) is 0 Å². The van der Waals surface area contributed by atoms with E-state index in [-0.39, 0.29) is 5.56 Å². The molecule has 2 N–H and O–H groups in total. The van der Waals surface area contributed by atoms with Gasteiger partial charge < -0.3 is 9.88 Å². The highest BCUT2D eigenvalue weighted by Gasteiger charge is 2.19. The Morgan fingerprint density at radius 1 is 1.32 bits per heavy atom. The van der Waals surface area contributed by atoms with Crippen molar-refractivity contribution in [3.8, 4) is 0 Å². The Balaban J connectivity index is 1.99. The largest absolute Gasteiger partial charge is 0.367 e. The van der Waals surface area contributed by atoms with E-state index in [1.54, 1.807) is 0 Å². The standard InChI is InChI=1S/C13H12BrN3OS/c14-8-2-1-3-9(6-8)17-5-4-11-10(7-17)12(18)16-13(19)15-11/h1-3,6H,4-5,7H2,(H2,15,16,18,19). The molecule has 2 aromatic rings. The molecule has 0 bridgehead atoms. The maximum Gasteiger partial charge on any atom is 0.256 e. The topological polar surface area (TPSA) is 51.9 Å². The van der Waals surface area contributed by atoms with Gasteiger partial charge in [0.1, 0.15) is 0 Å². The molecule has 0 radical (unpaired) electrons. The molecule has 0 saturated carbocycles. The summed E-state index contributed by atoms with van der Waals surface area (Å²) in [4.78, 5) is 19.9. The summed E-state index contributed by atoms with van der Waals surface area (Å²) >= 11 is 8.46. The predicted molar refractivity (Wildman–Crippen MR) is 81.1 cm³/mol. The van der Waals surface area contributed by atoms with Crippen LogP contribution >= 0.6 is 28.1 Å². The average molecular weight is 338 g/mol. The minimum absolute atomic E-state index is 0.0848. The van der Waals surface area contributed by atoms with Crippen LogP contribution in [0.5, 0.6) is 0 Å². The highest BCUT2D eigenvalue weighted by molar-refractivity contribution is 9.10. The van der Waals surface area contributed by atoms with Gasteiger partial charge in [-0.1, -0.05) is 22.0 Å². The van der Waals surface area contributed by atoms with Crippen LogP contribution in [0.25, 0.3) is 0 Å². The summed E-state index contributed by atoms with van der Waals surface area (Å²) in [6.45, 7) is 1.48. The Bertz CT molecular complexity index is 737. The number of aromatic amines is 2. The number of benzene rings is 1. The van der Waals surface area contributed by atoms with Gasteiger partial charge in [0.25, 0.3) is 5.56 Å². The van der Waals surface area contributed by atoms with Crippen LogP contribution in [-0.2, 0) is 13.0 Å². The Kier molecular flexibility index (Phi) is 3.28. The molecule has 0 atom stereocenters. The summed E-state index contributed by atoms with van der Waals surface area (Å²) in [6.07, 6.45) is 0.801. The molecule has 0 fully saturated rings. The lowest BCUT2D eigenvalue weighted by molar-refractivity contribution is 0.695. The molecule has 0 saturated heterocycles. The van der Waals surface area contributed by atoms with Gasteiger partial charge in [0.05, 0.1) is 12.1 Å². The molecule has 0 spiro atoms. The van der Waals surface area contributed by atoms with Gasteiger partial charge in [0.2, 0.25) is 0 Å². The number of hydrogen-bond donors (Lipinski definition) is 2. The number of nitrogens with one attached hydrogen (secondary N) is 2. The fourth-order valence-electron chi connectivity index (χ4n) is 2.35. The third-order valence-corrected chi connectivity index (χ3v) is 3.98. The molecule has 2 heterocycles. The van der Waals surface area contributed by atoms with Crippen LogP contribution in [0.2, 0.25) is 0 Å². The van der Waals surface area contributed by atoms with Crippen molar-refractivity contribution in [1.82, 2.24) is 9.97 Å². The highest BCUT2D eigenvalue weighted by Crippen LogP contribution is 2.24. The molecule has 6 heteroatoms. The Labute approximate surface area is 123 Å². The van der Waals surface area contributed by atoms with Crippen LogP contribution in [-0.4, -0.2) is 16.5 Å². The maximum absolute atomic E-state index is 12.0. The Hall–Kier alpha value is -1.40. The SMILES string of the molecule is O=c1[nH]c(=S)[nH]c2c1CN(c1cccc(Br)c1)CC2. The third-order valence-electron chi connectivity index (χ3n) is 3.28. The van der Waals surface area contributed by atoms with E-state index in [0.29, 0.717) is 11.3 Å². The van der Waals surface area contributed by atoms with E-state index in [2.05, 4.69) is 42.9 Å². The second-order valence-corrected chi connectivity index (χ2v) is 5.84. The van der Waals surface area contributed by atoms with Crippen molar-refractivity contribution < 1.29 is 0 Å². The average Bonchev–Trinajstić information content (AvgIpc) is 2.38. The first kappa shape index (κ1) is 12.6. The molecule has 4 nitrogen and oxygen atoms in total. The normalized spacial score (nSPS) is 14.3. The zero-order valence-electron chi connectivity index (χ0n) is 10.1. The van der Waals surface area contributed by atoms with Crippen molar-refractivity contribution in [2.45, 2.75) is 13.0 Å². The summed E-state index contributed by atoms with van der Waals surface area (Å²) in [7, 11) is 0. The van der Waals surface area contributed by atoms with Gasteiger partial charge in [-0.05, 0) is 30.4 Å². The number of nitrogens with zero attached hydrogens (tertiary/aromatic N) is 1. The van der Waals surface area contributed by atoms with Gasteiger partial charge in [-0.25, -0.2) is 0 Å². The number of halogens is 1. The van der Waals surface area contributed by atoms with Gasteiger partial charge in [-0.15, -0.1) is 0 Å². The molecule has 19 heavy (non-hydrogen) atoms. The van der Waals surface area contributed by atoms with E-state index in [1.165, 1.54) is 0 Å². The monoisotopic (exact) mass is 337 g/mol. The molecular formula is C13H12BrN3OS. The van der Waals surface area contributed by atoms with Gasteiger partial charge in [-0.3, -0.25) is 9.78 Å². The second kappa shape index (κ2) is 4.94. The lowest BCUT2D eigenvalue weighted by atomic mass is 10.1. The van der Waals surface area contributed by atoms with Crippen molar-refractivity contribution in [1.29, 1.82) is 0 Å². The summed E-state index contributed by atoms with van der Waals surface area (Å²) in [5, 5.41) is 0. The van der Waals surface area contributed by atoms with Gasteiger partial charge >= 0.3 is 0 Å². The maximum atomic E-state index is 12.0. The first-order valence-corrected chi connectivity index (χ1v) is 7.18.